The van der Waals surface area contributed by atoms with Gasteiger partial charge in [0.05, 0.1) is 5.69 Å². The molecule has 0 amide bonds. The zero-order chi connectivity index (χ0) is 15.8. The molecule has 0 saturated heterocycles. The van der Waals surface area contributed by atoms with Crippen LogP contribution in [0.3, 0.4) is 0 Å². The maximum absolute atomic E-state index is 11.5. The molecule has 0 saturated carbocycles. The molecule has 1 aromatic carbocycles. The molecule has 1 heterocycles. The number of benzene rings is 1. The fraction of sp³-hybridized carbons (Fsp3) is 0.471. The second-order valence-electron chi connectivity index (χ2n) is 5.66. The molecule has 2 aromatic rings. The van der Waals surface area contributed by atoms with Gasteiger partial charge in [0.2, 0.25) is 0 Å². The molecule has 0 spiro atoms. The Balaban J connectivity index is 1.75. The van der Waals surface area contributed by atoms with Crippen LogP contribution in [0, 0.1) is 0 Å². The molecule has 2 rings (SSSR count). The van der Waals surface area contributed by atoms with Crippen molar-refractivity contribution in [3.05, 3.63) is 40.8 Å². The van der Waals surface area contributed by atoms with Crippen molar-refractivity contribution >= 4 is 16.7 Å². The van der Waals surface area contributed by atoms with Gasteiger partial charge in [-0.15, -0.1) is 0 Å². The Morgan fingerprint density at radius 3 is 2.68 bits per heavy atom. The summed E-state index contributed by atoms with van der Waals surface area (Å²) < 4.78 is 5.18. The van der Waals surface area contributed by atoms with Gasteiger partial charge in [-0.1, -0.05) is 12.1 Å². The minimum Gasteiger partial charge on any atom is -0.423 e. The zero-order valence-electron chi connectivity index (χ0n) is 13.4. The van der Waals surface area contributed by atoms with Gasteiger partial charge in [0, 0.05) is 18.0 Å². The van der Waals surface area contributed by atoms with Crippen molar-refractivity contribution in [3.63, 3.8) is 0 Å². The maximum atomic E-state index is 11.5. The quantitative estimate of drug-likeness (QED) is 0.549. The summed E-state index contributed by atoms with van der Waals surface area (Å²) in [5, 5.41) is 7.70. The third-order valence-corrected chi connectivity index (χ3v) is 3.45. The van der Waals surface area contributed by atoms with E-state index in [0.717, 1.165) is 50.1 Å². The molecule has 0 aliphatic carbocycles. The van der Waals surface area contributed by atoms with E-state index in [9.17, 15) is 4.79 Å². The van der Waals surface area contributed by atoms with Crippen LogP contribution in [0.15, 0.2) is 39.5 Å². The topological polar surface area (TPSA) is 57.5 Å². The molecule has 0 bridgehead atoms. The van der Waals surface area contributed by atoms with Gasteiger partial charge in [0.15, 0.2) is 0 Å². The first kappa shape index (κ1) is 16.5. The number of nitrogens with zero attached hydrogens (tertiary/aromatic N) is 1. The molecular weight excluding hydrogens is 278 g/mol. The fourth-order valence-electron chi connectivity index (χ4n) is 2.34. The van der Waals surface area contributed by atoms with Crippen molar-refractivity contribution in [3.8, 4) is 0 Å². The number of anilines is 1. The summed E-state index contributed by atoms with van der Waals surface area (Å²) in [4.78, 5) is 13.7. The number of para-hydroxylation sites is 1. The second kappa shape index (κ2) is 8.56. The standard InChI is InChI=1S/C17H25N3O2/c1-20(2)12-6-10-18-9-5-11-19-15-13-17(21)22-16-8-4-3-7-14(15)16/h3-4,7-8,13,18-19H,5-6,9-12H2,1-2H3. The van der Waals surface area contributed by atoms with Crippen LogP contribution < -0.4 is 16.3 Å². The second-order valence-corrected chi connectivity index (χ2v) is 5.66. The van der Waals surface area contributed by atoms with E-state index in [1.807, 2.05) is 24.3 Å². The van der Waals surface area contributed by atoms with Crippen LogP contribution in [0.5, 0.6) is 0 Å². The van der Waals surface area contributed by atoms with Crippen molar-refractivity contribution in [1.29, 1.82) is 0 Å². The van der Waals surface area contributed by atoms with Crippen LogP contribution in [0.1, 0.15) is 12.8 Å². The summed E-state index contributed by atoms with van der Waals surface area (Å²) in [6.07, 6.45) is 2.17. The van der Waals surface area contributed by atoms with E-state index >= 15 is 0 Å². The van der Waals surface area contributed by atoms with Crippen molar-refractivity contribution in [2.45, 2.75) is 12.8 Å². The number of hydrogen-bond donors (Lipinski definition) is 2. The number of fused-ring (bicyclic) bond motifs is 1. The van der Waals surface area contributed by atoms with Crippen molar-refractivity contribution in [2.24, 2.45) is 0 Å². The average Bonchev–Trinajstić information content (AvgIpc) is 2.49. The fourth-order valence-corrected chi connectivity index (χ4v) is 2.34. The first-order valence-corrected chi connectivity index (χ1v) is 7.79. The SMILES string of the molecule is CN(C)CCCNCCCNc1cc(=O)oc2ccccc12. The van der Waals surface area contributed by atoms with E-state index in [0.29, 0.717) is 5.58 Å². The Hall–Kier alpha value is -1.85. The highest BCUT2D eigenvalue weighted by Crippen LogP contribution is 2.20. The Kier molecular flexibility index (Phi) is 6.43. The molecule has 0 unspecified atom stereocenters. The van der Waals surface area contributed by atoms with Gasteiger partial charge < -0.3 is 20.0 Å². The molecule has 0 aliphatic heterocycles. The zero-order valence-corrected chi connectivity index (χ0v) is 13.4. The highest BCUT2D eigenvalue weighted by molar-refractivity contribution is 5.89. The van der Waals surface area contributed by atoms with E-state index in [1.165, 1.54) is 6.07 Å². The normalized spacial score (nSPS) is 11.2. The maximum Gasteiger partial charge on any atom is 0.338 e. The lowest BCUT2D eigenvalue weighted by Crippen LogP contribution is -2.23. The van der Waals surface area contributed by atoms with Crippen molar-refractivity contribution < 1.29 is 4.42 Å². The minimum atomic E-state index is -0.317. The van der Waals surface area contributed by atoms with Crippen LogP contribution in [0.25, 0.3) is 11.0 Å². The predicted octanol–water partition coefficient (Wildman–Crippen LogP) is 2.14. The molecule has 22 heavy (non-hydrogen) atoms. The summed E-state index contributed by atoms with van der Waals surface area (Å²) in [6.45, 7) is 3.95. The van der Waals surface area contributed by atoms with Crippen LogP contribution in [-0.2, 0) is 0 Å². The van der Waals surface area contributed by atoms with Crippen LogP contribution in [0.2, 0.25) is 0 Å². The summed E-state index contributed by atoms with van der Waals surface area (Å²) in [6, 6.07) is 9.10. The molecule has 0 fully saturated rings. The van der Waals surface area contributed by atoms with E-state index in [-0.39, 0.29) is 5.63 Å². The van der Waals surface area contributed by atoms with E-state index in [4.69, 9.17) is 4.42 Å². The molecule has 120 valence electrons. The smallest absolute Gasteiger partial charge is 0.338 e. The minimum absolute atomic E-state index is 0.317. The lowest BCUT2D eigenvalue weighted by molar-refractivity contribution is 0.394. The van der Waals surface area contributed by atoms with Crippen molar-refractivity contribution in [1.82, 2.24) is 10.2 Å². The molecule has 5 nitrogen and oxygen atoms in total. The summed E-state index contributed by atoms with van der Waals surface area (Å²) in [5.41, 5.74) is 1.15. The highest BCUT2D eigenvalue weighted by Gasteiger charge is 2.03. The Bertz CT molecular complexity index is 637. The van der Waals surface area contributed by atoms with Gasteiger partial charge in [-0.25, -0.2) is 4.79 Å². The molecule has 1 aromatic heterocycles. The molecule has 5 heteroatoms. The van der Waals surface area contributed by atoms with E-state index in [2.05, 4.69) is 29.6 Å². The monoisotopic (exact) mass is 303 g/mol. The van der Waals surface area contributed by atoms with Gasteiger partial charge >= 0.3 is 5.63 Å². The first-order valence-electron chi connectivity index (χ1n) is 7.79. The van der Waals surface area contributed by atoms with Crippen molar-refractivity contribution in [2.75, 3.05) is 45.6 Å². The van der Waals surface area contributed by atoms with Gasteiger partial charge in [-0.05, 0) is 58.7 Å². The Morgan fingerprint density at radius 1 is 1.09 bits per heavy atom. The Labute approximate surface area is 131 Å². The van der Waals surface area contributed by atoms with Gasteiger partial charge in [-0.2, -0.15) is 0 Å². The third kappa shape index (κ3) is 5.16. The average molecular weight is 303 g/mol. The Morgan fingerprint density at radius 2 is 1.86 bits per heavy atom. The molecular formula is C17H25N3O2. The number of hydrogen-bond acceptors (Lipinski definition) is 5. The van der Waals surface area contributed by atoms with Crippen LogP contribution >= 0.6 is 0 Å². The first-order chi connectivity index (χ1) is 10.7. The highest BCUT2D eigenvalue weighted by atomic mass is 16.4. The molecule has 0 aliphatic rings. The predicted molar refractivity (Wildman–Crippen MR) is 91.6 cm³/mol. The van der Waals surface area contributed by atoms with Gasteiger partial charge in [0.25, 0.3) is 0 Å². The van der Waals surface area contributed by atoms with E-state index < -0.39 is 0 Å². The summed E-state index contributed by atoms with van der Waals surface area (Å²) >= 11 is 0. The number of rotatable bonds is 9. The summed E-state index contributed by atoms with van der Waals surface area (Å²) in [7, 11) is 4.18. The van der Waals surface area contributed by atoms with Crippen LogP contribution in [-0.4, -0.2) is 45.2 Å². The third-order valence-electron chi connectivity index (χ3n) is 3.45. The molecule has 0 atom stereocenters. The van der Waals surface area contributed by atoms with Gasteiger partial charge in [-0.3, -0.25) is 0 Å². The molecule has 0 radical (unpaired) electrons. The largest absolute Gasteiger partial charge is 0.423 e. The van der Waals surface area contributed by atoms with Gasteiger partial charge in [0.1, 0.15) is 5.58 Å². The number of nitrogens with one attached hydrogen (secondary N) is 2. The van der Waals surface area contributed by atoms with Crippen LogP contribution in [0.4, 0.5) is 5.69 Å². The lowest BCUT2D eigenvalue weighted by Gasteiger charge is -2.11. The molecule has 2 N–H and O–H groups in total. The lowest BCUT2D eigenvalue weighted by atomic mass is 10.2. The van der Waals surface area contributed by atoms with E-state index in [1.54, 1.807) is 0 Å². The summed E-state index contributed by atoms with van der Waals surface area (Å²) in [5.74, 6) is 0.